The van der Waals surface area contributed by atoms with Crippen LogP contribution in [0.3, 0.4) is 0 Å². The van der Waals surface area contributed by atoms with Crippen molar-refractivity contribution < 1.29 is 23.9 Å². The Kier molecular flexibility index (Phi) is 6.06. The summed E-state index contributed by atoms with van der Waals surface area (Å²) in [6.07, 6.45) is 3.02. The van der Waals surface area contributed by atoms with Crippen LogP contribution in [0.2, 0.25) is 0 Å². The molecule has 4 rings (SSSR count). The molecule has 33 heavy (non-hydrogen) atoms. The van der Waals surface area contributed by atoms with Crippen LogP contribution < -0.4 is 4.74 Å². The number of rotatable bonds is 7. The largest absolute Gasteiger partial charge is 0.497 e. The molecule has 0 aromatic heterocycles. The van der Waals surface area contributed by atoms with Crippen LogP contribution in [0.1, 0.15) is 58.4 Å². The van der Waals surface area contributed by atoms with Gasteiger partial charge in [-0.3, -0.25) is 19.3 Å². The highest BCUT2D eigenvalue weighted by atomic mass is 16.5. The summed E-state index contributed by atoms with van der Waals surface area (Å²) in [4.78, 5) is 43.7. The van der Waals surface area contributed by atoms with E-state index in [0.29, 0.717) is 17.9 Å². The maximum absolute atomic E-state index is 13.8. The summed E-state index contributed by atoms with van der Waals surface area (Å²) in [5, 5.41) is 0. The van der Waals surface area contributed by atoms with Gasteiger partial charge in [-0.15, -0.1) is 0 Å². The normalized spacial score (nSPS) is 30.8. The second-order valence-electron chi connectivity index (χ2n) is 11.2. The van der Waals surface area contributed by atoms with Crippen LogP contribution in [0.4, 0.5) is 0 Å². The Morgan fingerprint density at radius 2 is 1.91 bits per heavy atom. The molecule has 1 aromatic carbocycles. The van der Waals surface area contributed by atoms with Crippen LogP contribution in [0, 0.1) is 10.8 Å². The van der Waals surface area contributed by atoms with Gasteiger partial charge in [-0.05, 0) is 47.8 Å². The van der Waals surface area contributed by atoms with Crippen molar-refractivity contribution in [1.82, 2.24) is 9.80 Å². The fraction of sp³-hybridized carbons (Fsp3) is 0.654. The minimum Gasteiger partial charge on any atom is -0.497 e. The lowest BCUT2D eigenvalue weighted by Crippen LogP contribution is -2.45. The third kappa shape index (κ3) is 4.27. The van der Waals surface area contributed by atoms with Gasteiger partial charge in [0.05, 0.1) is 25.7 Å². The molecule has 1 aliphatic carbocycles. The molecule has 0 radical (unpaired) electrons. The van der Waals surface area contributed by atoms with Crippen molar-refractivity contribution in [2.75, 3.05) is 33.9 Å². The van der Waals surface area contributed by atoms with Crippen LogP contribution in [-0.4, -0.2) is 67.5 Å². The van der Waals surface area contributed by atoms with Gasteiger partial charge < -0.3 is 14.4 Å². The second kappa shape index (κ2) is 8.42. The first-order valence-corrected chi connectivity index (χ1v) is 11.8. The van der Waals surface area contributed by atoms with Gasteiger partial charge in [-0.25, -0.2) is 0 Å². The molecule has 3 aliphatic rings. The Morgan fingerprint density at radius 1 is 1.15 bits per heavy atom. The predicted molar refractivity (Wildman–Crippen MR) is 124 cm³/mol. The van der Waals surface area contributed by atoms with Crippen molar-refractivity contribution >= 4 is 17.7 Å². The van der Waals surface area contributed by atoms with Gasteiger partial charge in [0.25, 0.3) is 0 Å². The van der Waals surface area contributed by atoms with E-state index in [1.165, 1.54) is 12.0 Å². The quantitative estimate of drug-likeness (QED) is 0.589. The van der Waals surface area contributed by atoms with Gasteiger partial charge in [-0.1, -0.05) is 32.9 Å². The van der Waals surface area contributed by atoms with E-state index in [0.717, 1.165) is 19.3 Å². The Balaban J connectivity index is 1.67. The van der Waals surface area contributed by atoms with Gasteiger partial charge in [0.2, 0.25) is 17.7 Å². The highest BCUT2D eigenvalue weighted by Gasteiger charge is 2.56. The molecule has 7 nitrogen and oxygen atoms in total. The average molecular weight is 457 g/mol. The van der Waals surface area contributed by atoms with Gasteiger partial charge in [0.1, 0.15) is 5.75 Å². The average Bonchev–Trinajstić information content (AvgIpc) is 3.15. The standard InChI is InChI=1S/C26H36N2O5/c1-24(2)12-19-13-25(3,16-24)17-28(19)22(30)15-26(18-7-6-8-20(11-18)33-5)14-21(29)27(23(26)31)9-10-32-4/h6-8,11,19H,9-10,12-17H2,1-5H3/t19-,25+,26-/m1/s1. The molecule has 1 aromatic rings. The van der Waals surface area contributed by atoms with Crippen molar-refractivity contribution in [3.63, 3.8) is 0 Å². The molecule has 2 aliphatic heterocycles. The molecule has 2 bridgehead atoms. The van der Waals surface area contributed by atoms with Crippen LogP contribution in [-0.2, 0) is 24.5 Å². The van der Waals surface area contributed by atoms with E-state index < -0.39 is 5.41 Å². The number of nitrogens with zero attached hydrogens (tertiary/aromatic N) is 2. The van der Waals surface area contributed by atoms with Crippen LogP contribution in [0.15, 0.2) is 24.3 Å². The van der Waals surface area contributed by atoms with Crippen molar-refractivity contribution in [3.05, 3.63) is 29.8 Å². The van der Waals surface area contributed by atoms with Crippen molar-refractivity contribution in [2.24, 2.45) is 10.8 Å². The monoisotopic (exact) mass is 456 g/mol. The molecular formula is C26H36N2O5. The molecular weight excluding hydrogens is 420 g/mol. The molecule has 1 saturated carbocycles. The van der Waals surface area contributed by atoms with Gasteiger partial charge in [0.15, 0.2) is 0 Å². The predicted octanol–water partition coefficient (Wildman–Crippen LogP) is 3.16. The van der Waals surface area contributed by atoms with E-state index in [4.69, 9.17) is 9.47 Å². The number of hydrogen-bond donors (Lipinski definition) is 0. The number of fused-ring (bicyclic) bond motifs is 2. The number of hydrogen-bond acceptors (Lipinski definition) is 5. The van der Waals surface area contributed by atoms with Crippen LogP contribution in [0.5, 0.6) is 5.75 Å². The van der Waals surface area contributed by atoms with E-state index in [2.05, 4.69) is 20.8 Å². The van der Waals surface area contributed by atoms with Gasteiger partial charge in [0, 0.05) is 32.5 Å². The van der Waals surface area contributed by atoms with E-state index >= 15 is 0 Å². The first kappa shape index (κ1) is 23.7. The Labute approximate surface area is 196 Å². The highest BCUT2D eigenvalue weighted by molar-refractivity contribution is 6.10. The van der Waals surface area contributed by atoms with E-state index in [9.17, 15) is 14.4 Å². The number of likely N-dealkylation sites (tertiary alicyclic amines) is 2. The van der Waals surface area contributed by atoms with Gasteiger partial charge in [-0.2, -0.15) is 0 Å². The Morgan fingerprint density at radius 3 is 2.61 bits per heavy atom. The fourth-order valence-corrected chi connectivity index (χ4v) is 6.71. The summed E-state index contributed by atoms with van der Waals surface area (Å²) in [5.74, 6) is -0.0269. The maximum atomic E-state index is 13.8. The van der Waals surface area contributed by atoms with Crippen molar-refractivity contribution in [1.29, 1.82) is 0 Å². The minimum atomic E-state index is -1.22. The molecule has 3 fully saturated rings. The molecule has 180 valence electrons. The lowest BCUT2D eigenvalue weighted by molar-refractivity contribution is -0.143. The van der Waals surface area contributed by atoms with E-state index in [1.54, 1.807) is 19.2 Å². The fourth-order valence-electron chi connectivity index (χ4n) is 6.71. The summed E-state index contributed by atoms with van der Waals surface area (Å²) in [6.45, 7) is 7.98. The smallest absolute Gasteiger partial charge is 0.240 e. The molecule has 0 N–H and O–H groups in total. The number of imide groups is 1. The number of methoxy groups -OCH3 is 2. The summed E-state index contributed by atoms with van der Waals surface area (Å²) in [6, 6.07) is 7.40. The first-order chi connectivity index (χ1) is 15.5. The minimum absolute atomic E-state index is 0.0127. The molecule has 2 heterocycles. The summed E-state index contributed by atoms with van der Waals surface area (Å²) in [5.41, 5.74) is -0.274. The highest BCUT2D eigenvalue weighted by Crippen LogP contribution is 2.53. The number of carbonyl (C=O) groups excluding carboxylic acids is 3. The zero-order valence-corrected chi connectivity index (χ0v) is 20.5. The number of benzene rings is 1. The van der Waals surface area contributed by atoms with E-state index in [-0.39, 0.29) is 60.6 Å². The number of amides is 3. The van der Waals surface area contributed by atoms with Crippen molar-refractivity contribution in [3.8, 4) is 5.75 Å². The van der Waals surface area contributed by atoms with Crippen molar-refractivity contribution in [2.45, 2.75) is 64.3 Å². The first-order valence-electron chi connectivity index (χ1n) is 11.8. The van der Waals surface area contributed by atoms with Crippen LogP contribution >= 0.6 is 0 Å². The van der Waals surface area contributed by atoms with Crippen LogP contribution in [0.25, 0.3) is 0 Å². The molecule has 7 heteroatoms. The summed E-state index contributed by atoms with van der Waals surface area (Å²) < 4.78 is 10.5. The topological polar surface area (TPSA) is 76.2 Å². The lowest BCUT2D eigenvalue weighted by Gasteiger charge is -2.39. The summed E-state index contributed by atoms with van der Waals surface area (Å²) >= 11 is 0. The zero-order valence-electron chi connectivity index (χ0n) is 20.5. The number of ether oxygens (including phenoxy) is 2. The summed E-state index contributed by atoms with van der Waals surface area (Å²) in [7, 11) is 3.10. The molecule has 3 amide bonds. The van der Waals surface area contributed by atoms with Gasteiger partial charge >= 0.3 is 0 Å². The third-order valence-corrected chi connectivity index (χ3v) is 7.74. The Hall–Kier alpha value is -2.41. The Bertz CT molecular complexity index is 960. The zero-order chi connectivity index (χ0) is 24.0. The molecule has 3 atom stereocenters. The lowest BCUT2D eigenvalue weighted by atomic mass is 9.65. The third-order valence-electron chi connectivity index (χ3n) is 7.74. The van der Waals surface area contributed by atoms with E-state index in [1.807, 2.05) is 17.0 Å². The maximum Gasteiger partial charge on any atom is 0.240 e. The molecule has 0 unspecified atom stereocenters. The number of carbonyl (C=O) groups is 3. The SMILES string of the molecule is COCCN1C(=O)C[C@@](CC(=O)N2C[C@@]3(C)C[C@H]2CC(C)(C)C3)(c2cccc(OC)c2)C1=O. The molecule has 0 spiro atoms. The molecule has 2 saturated heterocycles. The second-order valence-corrected chi connectivity index (χ2v) is 11.2.